The molecule has 4 rings (SSSR count). The van der Waals surface area contributed by atoms with Gasteiger partial charge in [-0.25, -0.2) is 0 Å². The molecule has 9 atom stereocenters. The summed E-state index contributed by atoms with van der Waals surface area (Å²) in [5.74, 6) is -4.06. The molecule has 2 fully saturated rings. The van der Waals surface area contributed by atoms with Crippen molar-refractivity contribution in [3.05, 3.63) is 11.1 Å². The van der Waals surface area contributed by atoms with E-state index in [9.17, 15) is 39.3 Å². The topological polar surface area (TPSA) is 155 Å². The molecule has 0 saturated heterocycles. The maximum Gasteiger partial charge on any atom is 0.303 e. The number of esters is 1. The van der Waals surface area contributed by atoms with Crippen LogP contribution in [0.25, 0.3) is 0 Å². The third-order valence-electron chi connectivity index (χ3n) is 11.2. The molecule has 4 aliphatic rings. The zero-order valence-corrected chi connectivity index (χ0v) is 23.1. The SMILES string of the molecule is CC(=O)OC1C(=O)C2=C(C(=O)CC3C2(C)CCC(O)C3(C)CO)C2(C)C(=O)CC(C(C)CCC(=O)O)C12C. The van der Waals surface area contributed by atoms with Crippen LogP contribution in [0.2, 0.25) is 0 Å². The van der Waals surface area contributed by atoms with E-state index in [1.807, 2.05) is 13.8 Å². The van der Waals surface area contributed by atoms with Crippen LogP contribution in [0.5, 0.6) is 0 Å². The summed E-state index contributed by atoms with van der Waals surface area (Å²) in [5, 5.41) is 30.4. The number of carboxylic acid groups (broad SMARTS) is 1. The first-order chi connectivity index (χ1) is 17.5. The highest BCUT2D eigenvalue weighted by Crippen LogP contribution is 2.70. The Hall–Kier alpha value is -2.39. The van der Waals surface area contributed by atoms with Gasteiger partial charge in [-0.2, -0.15) is 0 Å². The minimum atomic E-state index is -1.42. The van der Waals surface area contributed by atoms with E-state index < -0.39 is 63.4 Å². The van der Waals surface area contributed by atoms with Crippen LogP contribution in [0, 0.1) is 39.4 Å². The highest BCUT2D eigenvalue weighted by Gasteiger charge is 2.74. The Labute approximate surface area is 223 Å². The summed E-state index contributed by atoms with van der Waals surface area (Å²) in [6, 6.07) is 0. The maximum absolute atomic E-state index is 14.5. The van der Waals surface area contributed by atoms with Gasteiger partial charge in [0, 0.05) is 53.6 Å². The van der Waals surface area contributed by atoms with Gasteiger partial charge in [0.2, 0.25) is 5.78 Å². The number of fused-ring (bicyclic) bond motifs is 4. The lowest BCUT2D eigenvalue weighted by Gasteiger charge is -2.61. The molecule has 0 spiro atoms. The number of allylic oxidation sites excluding steroid dienone is 1. The van der Waals surface area contributed by atoms with Crippen molar-refractivity contribution in [1.82, 2.24) is 0 Å². The van der Waals surface area contributed by atoms with Gasteiger partial charge in [-0.05, 0) is 43.9 Å². The summed E-state index contributed by atoms with van der Waals surface area (Å²) in [6.07, 6.45) is -1.34. The van der Waals surface area contributed by atoms with Crippen LogP contribution in [-0.2, 0) is 28.7 Å². The van der Waals surface area contributed by atoms with Crippen LogP contribution in [0.4, 0.5) is 0 Å². The van der Waals surface area contributed by atoms with E-state index in [0.717, 1.165) is 0 Å². The van der Waals surface area contributed by atoms with Crippen molar-refractivity contribution in [3.8, 4) is 0 Å². The summed E-state index contributed by atoms with van der Waals surface area (Å²) in [6.45, 7) is 9.67. The fourth-order valence-corrected chi connectivity index (χ4v) is 8.76. The average Bonchev–Trinajstić information content (AvgIpc) is 3.05. The number of carbonyl (C=O) groups excluding carboxylic acids is 4. The Kier molecular flexibility index (Phi) is 6.84. The zero-order chi connectivity index (χ0) is 28.6. The summed E-state index contributed by atoms with van der Waals surface area (Å²) in [4.78, 5) is 66.2. The van der Waals surface area contributed by atoms with Gasteiger partial charge in [0.05, 0.1) is 18.1 Å². The molecule has 0 amide bonds. The molecule has 0 bridgehead atoms. The lowest BCUT2D eigenvalue weighted by Crippen LogP contribution is -2.65. The van der Waals surface area contributed by atoms with E-state index in [-0.39, 0.29) is 60.9 Å². The Balaban J connectivity index is 1.98. The van der Waals surface area contributed by atoms with Crippen LogP contribution < -0.4 is 0 Å². The molecule has 0 aromatic heterocycles. The van der Waals surface area contributed by atoms with Gasteiger partial charge < -0.3 is 20.1 Å². The monoisotopic (exact) mass is 532 g/mol. The molecule has 38 heavy (non-hydrogen) atoms. The van der Waals surface area contributed by atoms with E-state index in [0.29, 0.717) is 12.8 Å². The van der Waals surface area contributed by atoms with Crippen LogP contribution in [-0.4, -0.2) is 63.4 Å². The lowest BCUT2D eigenvalue weighted by molar-refractivity contribution is -0.177. The van der Waals surface area contributed by atoms with Crippen molar-refractivity contribution < 1.29 is 44.0 Å². The third-order valence-corrected chi connectivity index (χ3v) is 11.2. The molecule has 9 heteroatoms. The molecule has 0 aromatic carbocycles. The Morgan fingerprint density at radius 2 is 1.71 bits per heavy atom. The molecule has 0 heterocycles. The molecule has 2 saturated carbocycles. The number of aliphatic carboxylic acids is 1. The molecule has 9 nitrogen and oxygen atoms in total. The predicted molar refractivity (Wildman–Crippen MR) is 135 cm³/mol. The molecule has 3 N–H and O–H groups in total. The van der Waals surface area contributed by atoms with Crippen LogP contribution >= 0.6 is 0 Å². The Bertz CT molecular complexity index is 1140. The first-order valence-corrected chi connectivity index (χ1v) is 13.6. The normalized spacial score (nSPS) is 43.3. The van der Waals surface area contributed by atoms with E-state index in [1.165, 1.54) is 6.92 Å². The van der Waals surface area contributed by atoms with Gasteiger partial charge in [-0.3, -0.25) is 24.0 Å². The largest absolute Gasteiger partial charge is 0.481 e. The summed E-state index contributed by atoms with van der Waals surface area (Å²) < 4.78 is 5.75. The van der Waals surface area contributed by atoms with Gasteiger partial charge in [-0.1, -0.05) is 27.7 Å². The van der Waals surface area contributed by atoms with Gasteiger partial charge in [0.1, 0.15) is 5.78 Å². The van der Waals surface area contributed by atoms with Crippen molar-refractivity contribution >= 4 is 29.3 Å². The zero-order valence-electron chi connectivity index (χ0n) is 23.1. The lowest BCUT2D eigenvalue weighted by atomic mass is 9.42. The average molecular weight is 533 g/mol. The number of aliphatic hydroxyl groups is 2. The van der Waals surface area contributed by atoms with Gasteiger partial charge in [0.25, 0.3) is 0 Å². The first-order valence-electron chi connectivity index (χ1n) is 13.6. The van der Waals surface area contributed by atoms with E-state index in [4.69, 9.17) is 4.74 Å². The number of Topliss-reactive ketones (excluding diaryl/α,β-unsaturated/α-hetero) is 3. The first kappa shape index (κ1) is 28.6. The standard InChI is InChI=1S/C29H40O9/c1-14(7-8-21(35)36)16-11-20(34)29(6)22-17(32)12-18-26(3,10-9-19(33)27(18,4)13-30)23(22)24(37)25(28(16,29)5)38-15(2)31/h14,16,18-19,25,30,33H,7-13H2,1-6H3,(H,35,36). The molecule has 0 radical (unpaired) electrons. The highest BCUT2D eigenvalue weighted by atomic mass is 16.5. The van der Waals surface area contributed by atoms with E-state index in [1.54, 1.807) is 20.8 Å². The second-order valence-corrected chi connectivity index (χ2v) is 13.0. The number of rotatable bonds is 6. The molecule has 9 unspecified atom stereocenters. The Morgan fingerprint density at radius 3 is 2.26 bits per heavy atom. The maximum atomic E-state index is 14.5. The van der Waals surface area contributed by atoms with Crippen molar-refractivity contribution in [2.24, 2.45) is 39.4 Å². The number of aliphatic hydroxyl groups excluding tert-OH is 2. The predicted octanol–water partition coefficient (Wildman–Crippen LogP) is 2.65. The van der Waals surface area contributed by atoms with Crippen molar-refractivity contribution in [2.75, 3.05) is 6.61 Å². The number of carboxylic acids is 1. The molecule has 210 valence electrons. The van der Waals surface area contributed by atoms with Crippen LogP contribution in [0.1, 0.15) is 80.1 Å². The van der Waals surface area contributed by atoms with Gasteiger partial charge in [0.15, 0.2) is 11.9 Å². The second-order valence-electron chi connectivity index (χ2n) is 13.0. The Morgan fingerprint density at radius 1 is 1.08 bits per heavy atom. The number of ketones is 3. The van der Waals surface area contributed by atoms with Gasteiger partial charge >= 0.3 is 11.9 Å². The van der Waals surface area contributed by atoms with E-state index >= 15 is 0 Å². The minimum absolute atomic E-state index is 0.0207. The number of hydrogen-bond acceptors (Lipinski definition) is 8. The van der Waals surface area contributed by atoms with Crippen molar-refractivity contribution in [3.63, 3.8) is 0 Å². The molecule has 0 aromatic rings. The third kappa shape index (κ3) is 3.53. The number of carbonyl (C=O) groups is 5. The summed E-state index contributed by atoms with van der Waals surface area (Å²) in [7, 11) is 0. The van der Waals surface area contributed by atoms with E-state index in [2.05, 4.69) is 0 Å². The molecular formula is C29H40O9. The smallest absolute Gasteiger partial charge is 0.303 e. The van der Waals surface area contributed by atoms with Crippen LogP contribution in [0.15, 0.2) is 11.1 Å². The van der Waals surface area contributed by atoms with Gasteiger partial charge in [-0.15, -0.1) is 0 Å². The molecule has 0 aliphatic heterocycles. The second kappa shape index (κ2) is 9.08. The van der Waals surface area contributed by atoms with Crippen LogP contribution in [0.3, 0.4) is 0 Å². The molecular weight excluding hydrogens is 492 g/mol. The fourth-order valence-electron chi connectivity index (χ4n) is 8.76. The fraction of sp³-hybridized carbons (Fsp3) is 0.759. The number of hydrogen-bond donors (Lipinski definition) is 3. The highest BCUT2D eigenvalue weighted by molar-refractivity contribution is 6.18. The summed E-state index contributed by atoms with van der Waals surface area (Å²) >= 11 is 0. The van der Waals surface area contributed by atoms with Crippen molar-refractivity contribution in [1.29, 1.82) is 0 Å². The quantitative estimate of drug-likeness (QED) is 0.438. The summed E-state index contributed by atoms with van der Waals surface area (Å²) in [5.41, 5.74) is -4.25. The van der Waals surface area contributed by atoms with Crippen molar-refractivity contribution in [2.45, 2.75) is 92.3 Å². The minimum Gasteiger partial charge on any atom is -0.481 e. The molecule has 4 aliphatic carbocycles. The number of ether oxygens (including phenoxy) is 1.